The lowest BCUT2D eigenvalue weighted by Gasteiger charge is -2.30. The van der Waals surface area contributed by atoms with Crippen molar-refractivity contribution in [1.82, 2.24) is 4.90 Å². The maximum Gasteiger partial charge on any atom is 0.264 e. The van der Waals surface area contributed by atoms with Gasteiger partial charge in [0.15, 0.2) is 0 Å². The summed E-state index contributed by atoms with van der Waals surface area (Å²) in [7, 11) is 0. The first-order valence-corrected chi connectivity index (χ1v) is 8.44. The summed E-state index contributed by atoms with van der Waals surface area (Å²) >= 11 is 1.42. The first-order chi connectivity index (χ1) is 10.1. The van der Waals surface area contributed by atoms with Crippen LogP contribution in [0.25, 0.3) is 0 Å². The van der Waals surface area contributed by atoms with Crippen LogP contribution in [0.5, 0.6) is 0 Å². The Balaban J connectivity index is 2.14. The summed E-state index contributed by atoms with van der Waals surface area (Å²) in [6.07, 6.45) is 4.70. The molecule has 1 fully saturated rings. The normalized spacial score (nSPS) is 15.0. The van der Waals surface area contributed by atoms with Crippen LogP contribution in [0.15, 0.2) is 12.1 Å². The van der Waals surface area contributed by atoms with Crippen molar-refractivity contribution in [2.75, 3.05) is 13.2 Å². The molecule has 0 unspecified atom stereocenters. The molecule has 0 atom stereocenters. The van der Waals surface area contributed by atoms with E-state index in [0.717, 1.165) is 29.1 Å². The standard InChI is InChI=1S/C17H23NO2S/c1-13(2)12-18(14-6-3-4-7-14)17(20)16-10-9-15(21-16)8-5-11-19/h9-10,13-14,19H,3-4,6-7,11-12H2,1-2H3. The quantitative estimate of drug-likeness (QED) is 0.868. The largest absolute Gasteiger partial charge is 0.384 e. The summed E-state index contributed by atoms with van der Waals surface area (Å²) in [6, 6.07) is 4.12. The number of aliphatic hydroxyl groups excluding tert-OH is 1. The van der Waals surface area contributed by atoms with E-state index in [1.54, 1.807) is 0 Å². The van der Waals surface area contributed by atoms with Gasteiger partial charge >= 0.3 is 0 Å². The molecule has 21 heavy (non-hydrogen) atoms. The summed E-state index contributed by atoms with van der Waals surface area (Å²) in [6.45, 7) is 4.98. The minimum atomic E-state index is -0.150. The predicted octanol–water partition coefficient (Wildman–Crippen LogP) is 3.13. The van der Waals surface area contributed by atoms with E-state index in [1.807, 2.05) is 12.1 Å². The van der Waals surface area contributed by atoms with Gasteiger partial charge in [0, 0.05) is 12.6 Å². The number of carbonyl (C=O) groups is 1. The molecule has 114 valence electrons. The van der Waals surface area contributed by atoms with E-state index in [-0.39, 0.29) is 12.5 Å². The molecule has 0 bridgehead atoms. The van der Waals surface area contributed by atoms with E-state index in [4.69, 9.17) is 5.11 Å². The van der Waals surface area contributed by atoms with Crippen molar-refractivity contribution >= 4 is 17.2 Å². The molecule has 1 heterocycles. The van der Waals surface area contributed by atoms with Crippen LogP contribution >= 0.6 is 11.3 Å². The Kier molecular flexibility index (Phi) is 5.84. The lowest BCUT2D eigenvalue weighted by atomic mass is 10.1. The summed E-state index contributed by atoms with van der Waals surface area (Å²) in [5, 5.41) is 8.73. The van der Waals surface area contributed by atoms with E-state index < -0.39 is 0 Å². The summed E-state index contributed by atoms with van der Waals surface area (Å²) in [4.78, 5) is 16.4. The van der Waals surface area contributed by atoms with Crippen LogP contribution in [0.4, 0.5) is 0 Å². The molecule has 1 aromatic heterocycles. The van der Waals surface area contributed by atoms with Crippen LogP contribution in [0, 0.1) is 17.8 Å². The Morgan fingerprint density at radius 2 is 2.14 bits per heavy atom. The molecular weight excluding hydrogens is 282 g/mol. The Morgan fingerprint density at radius 3 is 2.76 bits per heavy atom. The van der Waals surface area contributed by atoms with Gasteiger partial charge in [-0.2, -0.15) is 0 Å². The van der Waals surface area contributed by atoms with Crippen LogP contribution in [-0.4, -0.2) is 35.1 Å². The molecule has 4 heteroatoms. The van der Waals surface area contributed by atoms with Crippen molar-refractivity contribution in [3.63, 3.8) is 0 Å². The van der Waals surface area contributed by atoms with Gasteiger partial charge in [-0.15, -0.1) is 11.3 Å². The molecule has 0 aliphatic heterocycles. The zero-order valence-electron chi connectivity index (χ0n) is 12.8. The maximum atomic E-state index is 12.8. The molecule has 1 amide bonds. The van der Waals surface area contributed by atoms with Gasteiger partial charge in [-0.25, -0.2) is 0 Å². The third-order valence-corrected chi connectivity index (χ3v) is 4.68. The van der Waals surface area contributed by atoms with Crippen molar-refractivity contribution in [3.8, 4) is 11.8 Å². The molecule has 0 radical (unpaired) electrons. The lowest BCUT2D eigenvalue weighted by Crippen LogP contribution is -2.40. The molecule has 3 nitrogen and oxygen atoms in total. The van der Waals surface area contributed by atoms with Crippen molar-refractivity contribution in [1.29, 1.82) is 0 Å². The van der Waals surface area contributed by atoms with Crippen LogP contribution in [0.3, 0.4) is 0 Å². The van der Waals surface area contributed by atoms with Gasteiger partial charge in [0.25, 0.3) is 5.91 Å². The molecule has 1 aliphatic rings. The SMILES string of the molecule is CC(C)CN(C(=O)c1ccc(C#CCO)s1)C1CCCC1. The zero-order chi connectivity index (χ0) is 15.2. The van der Waals surface area contributed by atoms with E-state index in [2.05, 4.69) is 30.6 Å². The first kappa shape index (κ1) is 16.1. The van der Waals surface area contributed by atoms with Gasteiger partial charge < -0.3 is 10.0 Å². The highest BCUT2D eigenvalue weighted by atomic mass is 32.1. The first-order valence-electron chi connectivity index (χ1n) is 7.62. The number of hydrogen-bond donors (Lipinski definition) is 1. The zero-order valence-corrected chi connectivity index (χ0v) is 13.6. The lowest BCUT2D eigenvalue weighted by molar-refractivity contribution is 0.0660. The maximum absolute atomic E-state index is 12.8. The van der Waals surface area contributed by atoms with E-state index in [9.17, 15) is 4.79 Å². The van der Waals surface area contributed by atoms with Gasteiger partial charge in [-0.05, 0) is 30.9 Å². The average Bonchev–Trinajstić information content (AvgIpc) is 3.12. The summed E-state index contributed by atoms with van der Waals surface area (Å²) < 4.78 is 0. The second kappa shape index (κ2) is 7.63. The molecule has 1 N–H and O–H groups in total. The number of aliphatic hydroxyl groups is 1. The summed E-state index contributed by atoms with van der Waals surface area (Å²) in [5.74, 6) is 6.10. The third-order valence-electron chi connectivity index (χ3n) is 3.70. The second-order valence-corrected chi connectivity index (χ2v) is 7.00. The Hall–Kier alpha value is -1.31. The Labute approximate surface area is 131 Å². The van der Waals surface area contributed by atoms with Crippen molar-refractivity contribution in [3.05, 3.63) is 21.9 Å². The van der Waals surface area contributed by atoms with Gasteiger partial charge in [-0.3, -0.25) is 4.79 Å². The minimum absolute atomic E-state index is 0.137. The van der Waals surface area contributed by atoms with E-state index in [0.29, 0.717) is 12.0 Å². The number of amides is 1. The molecule has 2 rings (SSSR count). The minimum Gasteiger partial charge on any atom is -0.384 e. The molecule has 0 spiro atoms. The second-order valence-electron chi connectivity index (χ2n) is 5.91. The van der Waals surface area contributed by atoms with E-state index in [1.165, 1.54) is 24.2 Å². The van der Waals surface area contributed by atoms with Gasteiger partial charge in [0.1, 0.15) is 6.61 Å². The smallest absolute Gasteiger partial charge is 0.264 e. The van der Waals surface area contributed by atoms with Gasteiger partial charge in [0.2, 0.25) is 0 Å². The van der Waals surface area contributed by atoms with Crippen LogP contribution in [0.2, 0.25) is 0 Å². The third kappa shape index (κ3) is 4.33. The highest BCUT2D eigenvalue weighted by molar-refractivity contribution is 7.14. The Morgan fingerprint density at radius 1 is 1.43 bits per heavy atom. The van der Waals surface area contributed by atoms with Crippen LogP contribution < -0.4 is 0 Å². The average molecular weight is 305 g/mol. The van der Waals surface area contributed by atoms with Crippen LogP contribution in [0.1, 0.15) is 54.1 Å². The summed E-state index contributed by atoms with van der Waals surface area (Å²) in [5.41, 5.74) is 0. The van der Waals surface area contributed by atoms with Gasteiger partial charge in [-0.1, -0.05) is 38.5 Å². The monoisotopic (exact) mass is 305 g/mol. The van der Waals surface area contributed by atoms with E-state index >= 15 is 0 Å². The fourth-order valence-corrected chi connectivity index (χ4v) is 3.63. The van der Waals surface area contributed by atoms with Crippen molar-refractivity contribution in [2.45, 2.75) is 45.6 Å². The molecular formula is C17H23NO2S. The fourth-order valence-electron chi connectivity index (χ4n) is 2.80. The Bertz CT molecular complexity index is 532. The molecule has 1 aliphatic carbocycles. The number of rotatable bonds is 4. The number of nitrogens with zero attached hydrogens (tertiary/aromatic N) is 1. The number of hydrogen-bond acceptors (Lipinski definition) is 3. The predicted molar refractivity (Wildman–Crippen MR) is 86.4 cm³/mol. The van der Waals surface area contributed by atoms with Crippen molar-refractivity contribution < 1.29 is 9.90 Å². The topological polar surface area (TPSA) is 40.5 Å². The highest BCUT2D eigenvalue weighted by Crippen LogP contribution is 2.27. The molecule has 0 aromatic carbocycles. The van der Waals surface area contributed by atoms with Crippen molar-refractivity contribution in [2.24, 2.45) is 5.92 Å². The molecule has 0 saturated heterocycles. The highest BCUT2D eigenvalue weighted by Gasteiger charge is 2.28. The molecule has 1 aromatic rings. The fraction of sp³-hybridized carbons (Fsp3) is 0.588. The van der Waals surface area contributed by atoms with Gasteiger partial charge in [0.05, 0.1) is 9.75 Å². The van der Waals surface area contributed by atoms with Crippen LogP contribution in [-0.2, 0) is 0 Å². The molecule has 1 saturated carbocycles. The number of carbonyl (C=O) groups excluding carboxylic acids is 1. The number of thiophene rings is 1.